The largest absolute Gasteiger partial charge is 0.497 e. The van der Waals surface area contributed by atoms with Crippen LogP contribution in [-0.2, 0) is 6.42 Å². The summed E-state index contributed by atoms with van der Waals surface area (Å²) in [5.41, 5.74) is 7.89. The summed E-state index contributed by atoms with van der Waals surface area (Å²) in [6, 6.07) is 15.4. The fourth-order valence-corrected chi connectivity index (χ4v) is 2.26. The lowest BCUT2D eigenvalue weighted by Crippen LogP contribution is -2.22. The van der Waals surface area contributed by atoms with Crippen molar-refractivity contribution < 1.29 is 4.74 Å². The lowest BCUT2D eigenvalue weighted by atomic mass is 10.1. The van der Waals surface area contributed by atoms with E-state index in [4.69, 9.17) is 22.1 Å². The van der Waals surface area contributed by atoms with E-state index in [2.05, 4.69) is 10.3 Å². The first-order chi connectivity index (χ1) is 10.7. The maximum absolute atomic E-state index is 6.11. The van der Waals surface area contributed by atoms with E-state index in [0.717, 1.165) is 34.9 Å². The van der Waals surface area contributed by atoms with Crippen molar-refractivity contribution >= 4 is 23.2 Å². The highest BCUT2D eigenvalue weighted by molar-refractivity contribution is 6.31. The Hall–Kier alpha value is -2.20. The predicted molar refractivity (Wildman–Crippen MR) is 92.9 cm³/mol. The van der Waals surface area contributed by atoms with Crippen molar-refractivity contribution in [2.45, 2.75) is 12.8 Å². The molecular formula is C17H20ClN3O. The molecule has 0 heterocycles. The topological polar surface area (TPSA) is 59.6 Å². The predicted octanol–water partition coefficient (Wildman–Crippen LogP) is 3.71. The summed E-state index contributed by atoms with van der Waals surface area (Å²) in [5.74, 6) is 1.21. The Morgan fingerprint density at radius 1 is 1.18 bits per heavy atom. The van der Waals surface area contributed by atoms with Crippen LogP contribution in [0.15, 0.2) is 53.5 Å². The first-order valence-electron chi connectivity index (χ1n) is 7.13. The number of hydrogen-bond acceptors (Lipinski definition) is 2. The summed E-state index contributed by atoms with van der Waals surface area (Å²) >= 11 is 6.11. The molecule has 0 radical (unpaired) electrons. The van der Waals surface area contributed by atoms with Crippen LogP contribution in [0.5, 0.6) is 5.75 Å². The molecule has 0 aromatic heterocycles. The van der Waals surface area contributed by atoms with Crippen LogP contribution >= 0.6 is 11.6 Å². The summed E-state index contributed by atoms with van der Waals surface area (Å²) < 4.78 is 5.11. The minimum Gasteiger partial charge on any atom is -0.497 e. The van der Waals surface area contributed by atoms with Gasteiger partial charge >= 0.3 is 0 Å². The lowest BCUT2D eigenvalue weighted by Gasteiger charge is -2.07. The summed E-state index contributed by atoms with van der Waals surface area (Å²) in [7, 11) is 1.64. The second-order valence-electron chi connectivity index (χ2n) is 4.82. The first-order valence-corrected chi connectivity index (χ1v) is 7.51. The highest BCUT2D eigenvalue weighted by atomic mass is 35.5. The highest BCUT2D eigenvalue weighted by Gasteiger charge is 1.99. The van der Waals surface area contributed by atoms with E-state index >= 15 is 0 Å². The fourth-order valence-electron chi connectivity index (χ4n) is 2.03. The number of halogens is 1. The Balaban J connectivity index is 1.78. The molecule has 116 valence electrons. The van der Waals surface area contributed by atoms with Crippen LogP contribution in [0.3, 0.4) is 0 Å². The molecule has 0 fully saturated rings. The lowest BCUT2D eigenvalue weighted by molar-refractivity contribution is 0.415. The molecule has 0 atom stereocenters. The van der Waals surface area contributed by atoms with Crippen LogP contribution in [0.25, 0.3) is 0 Å². The Labute approximate surface area is 136 Å². The van der Waals surface area contributed by atoms with Crippen LogP contribution in [0.1, 0.15) is 12.0 Å². The van der Waals surface area contributed by atoms with Gasteiger partial charge in [-0.15, -0.1) is 0 Å². The number of benzene rings is 2. The average molecular weight is 318 g/mol. The third-order valence-electron chi connectivity index (χ3n) is 3.21. The zero-order valence-corrected chi connectivity index (χ0v) is 13.3. The Kier molecular flexibility index (Phi) is 6.10. The summed E-state index contributed by atoms with van der Waals surface area (Å²) in [6.45, 7) is 0.653. The smallest absolute Gasteiger partial charge is 0.193 e. The molecule has 4 nitrogen and oxygen atoms in total. The number of methoxy groups -OCH3 is 1. The maximum Gasteiger partial charge on any atom is 0.193 e. The van der Waals surface area contributed by atoms with E-state index in [1.165, 1.54) is 0 Å². The Morgan fingerprint density at radius 2 is 1.91 bits per heavy atom. The molecule has 0 amide bonds. The minimum atomic E-state index is 0.407. The molecule has 0 unspecified atom stereocenters. The van der Waals surface area contributed by atoms with Gasteiger partial charge < -0.3 is 15.8 Å². The number of nitrogens with zero attached hydrogens (tertiary/aromatic N) is 1. The van der Waals surface area contributed by atoms with Gasteiger partial charge in [0.15, 0.2) is 5.96 Å². The Bertz CT molecular complexity index is 626. The van der Waals surface area contributed by atoms with E-state index in [9.17, 15) is 0 Å². The highest BCUT2D eigenvalue weighted by Crippen LogP contribution is 2.16. The van der Waals surface area contributed by atoms with Crippen molar-refractivity contribution in [1.29, 1.82) is 0 Å². The third-order valence-corrected chi connectivity index (χ3v) is 3.58. The van der Waals surface area contributed by atoms with Gasteiger partial charge in [-0.2, -0.15) is 0 Å². The zero-order chi connectivity index (χ0) is 15.8. The van der Waals surface area contributed by atoms with Crippen molar-refractivity contribution in [2.24, 2.45) is 10.7 Å². The Morgan fingerprint density at radius 3 is 2.59 bits per heavy atom. The molecule has 0 saturated heterocycles. The van der Waals surface area contributed by atoms with Crippen LogP contribution in [0.4, 0.5) is 5.69 Å². The van der Waals surface area contributed by atoms with Crippen LogP contribution in [0.2, 0.25) is 5.02 Å². The van der Waals surface area contributed by atoms with E-state index in [-0.39, 0.29) is 0 Å². The fraction of sp³-hybridized carbons (Fsp3) is 0.235. The molecule has 3 N–H and O–H groups in total. The SMILES string of the molecule is COc1ccc(NC(N)=NCCCc2ccccc2Cl)cc1. The first kappa shape index (κ1) is 16.2. The van der Waals surface area contributed by atoms with Gasteiger partial charge in [-0.25, -0.2) is 0 Å². The molecule has 0 bridgehead atoms. The minimum absolute atomic E-state index is 0.407. The molecule has 0 aliphatic heterocycles. The van der Waals surface area contributed by atoms with E-state index in [0.29, 0.717) is 12.5 Å². The van der Waals surface area contributed by atoms with E-state index in [1.54, 1.807) is 7.11 Å². The average Bonchev–Trinajstić information content (AvgIpc) is 2.54. The number of hydrogen-bond donors (Lipinski definition) is 2. The molecule has 22 heavy (non-hydrogen) atoms. The molecule has 0 aliphatic carbocycles. The molecule has 2 aromatic rings. The van der Waals surface area contributed by atoms with Gasteiger partial charge in [-0.05, 0) is 48.7 Å². The number of aliphatic imine (C=N–C) groups is 1. The number of guanidine groups is 1. The number of nitrogens with one attached hydrogen (secondary N) is 1. The van der Waals surface area contributed by atoms with Crippen molar-refractivity contribution in [3.63, 3.8) is 0 Å². The van der Waals surface area contributed by atoms with Gasteiger partial charge in [-0.3, -0.25) is 4.99 Å². The zero-order valence-electron chi connectivity index (χ0n) is 12.6. The van der Waals surface area contributed by atoms with Gasteiger partial charge in [0.1, 0.15) is 5.75 Å². The molecule has 0 spiro atoms. The summed E-state index contributed by atoms with van der Waals surface area (Å²) in [4.78, 5) is 4.32. The second kappa shape index (κ2) is 8.29. The molecule has 2 aromatic carbocycles. The molecular weight excluding hydrogens is 298 g/mol. The van der Waals surface area contributed by atoms with Crippen molar-refractivity contribution in [2.75, 3.05) is 19.0 Å². The monoisotopic (exact) mass is 317 g/mol. The number of aryl methyl sites for hydroxylation is 1. The number of anilines is 1. The molecule has 0 aliphatic rings. The van der Waals surface area contributed by atoms with E-state index in [1.807, 2.05) is 48.5 Å². The van der Waals surface area contributed by atoms with Gasteiger partial charge in [0, 0.05) is 17.3 Å². The van der Waals surface area contributed by atoms with Crippen molar-refractivity contribution in [3.05, 3.63) is 59.1 Å². The standard InChI is InChI=1S/C17H20ClN3O/c1-22-15-10-8-14(9-11-15)21-17(19)20-12-4-6-13-5-2-3-7-16(13)18/h2-3,5,7-11H,4,6,12H2,1H3,(H3,19,20,21). The van der Waals surface area contributed by atoms with Crippen molar-refractivity contribution in [3.8, 4) is 5.75 Å². The van der Waals surface area contributed by atoms with Crippen LogP contribution in [0, 0.1) is 0 Å². The number of nitrogens with two attached hydrogens (primary N) is 1. The van der Waals surface area contributed by atoms with Crippen LogP contribution < -0.4 is 15.8 Å². The number of ether oxygens (including phenoxy) is 1. The normalized spacial score (nSPS) is 11.3. The van der Waals surface area contributed by atoms with Gasteiger partial charge in [0.2, 0.25) is 0 Å². The van der Waals surface area contributed by atoms with Crippen molar-refractivity contribution in [1.82, 2.24) is 0 Å². The third kappa shape index (κ3) is 4.97. The second-order valence-corrected chi connectivity index (χ2v) is 5.22. The quantitative estimate of drug-likeness (QED) is 0.485. The van der Waals surface area contributed by atoms with E-state index < -0.39 is 0 Å². The summed E-state index contributed by atoms with van der Waals surface area (Å²) in [6.07, 6.45) is 1.79. The van der Waals surface area contributed by atoms with Gasteiger partial charge in [-0.1, -0.05) is 29.8 Å². The van der Waals surface area contributed by atoms with Crippen LogP contribution in [-0.4, -0.2) is 19.6 Å². The summed E-state index contributed by atoms with van der Waals surface area (Å²) in [5, 5.41) is 3.85. The molecule has 5 heteroatoms. The van der Waals surface area contributed by atoms with Gasteiger partial charge in [0.25, 0.3) is 0 Å². The molecule has 0 saturated carbocycles. The maximum atomic E-state index is 6.11. The number of rotatable bonds is 6. The van der Waals surface area contributed by atoms with Gasteiger partial charge in [0.05, 0.1) is 7.11 Å². The molecule has 2 rings (SSSR count).